The molecule has 15 heavy (non-hydrogen) atoms. The number of rotatable bonds is 3. The zero-order valence-electron chi connectivity index (χ0n) is 8.69. The maximum absolute atomic E-state index is 9.78. The molecule has 2 rings (SSSR count). The van der Waals surface area contributed by atoms with Crippen molar-refractivity contribution in [2.24, 2.45) is 0 Å². The summed E-state index contributed by atoms with van der Waals surface area (Å²) < 4.78 is 10.7. The molecule has 0 spiro atoms. The van der Waals surface area contributed by atoms with Crippen molar-refractivity contribution in [1.29, 1.82) is 0 Å². The first-order valence-electron chi connectivity index (χ1n) is 5.04. The normalized spacial score (nSPS) is 20.2. The Morgan fingerprint density at radius 2 is 2.20 bits per heavy atom. The third-order valence-corrected chi connectivity index (χ3v) is 2.49. The fourth-order valence-electron chi connectivity index (χ4n) is 1.67. The van der Waals surface area contributed by atoms with E-state index >= 15 is 0 Å². The maximum atomic E-state index is 9.78. The molecule has 1 saturated heterocycles. The Kier molecular flexibility index (Phi) is 2.97. The number of para-hydroxylation sites is 1. The molecule has 0 bridgehead atoms. The molecular weight excluding hydrogens is 194 g/mol. The lowest BCUT2D eigenvalue weighted by atomic mass is 10.2. The number of hydrogen-bond acceptors (Lipinski definition) is 4. The van der Waals surface area contributed by atoms with Crippen LogP contribution in [0, 0.1) is 0 Å². The molecule has 1 fully saturated rings. The first kappa shape index (κ1) is 10.1. The van der Waals surface area contributed by atoms with Gasteiger partial charge in [-0.3, -0.25) is 0 Å². The topological polar surface area (TPSA) is 50.7 Å². The van der Waals surface area contributed by atoms with Crippen LogP contribution < -0.4 is 14.8 Å². The highest BCUT2D eigenvalue weighted by Crippen LogP contribution is 2.36. The van der Waals surface area contributed by atoms with E-state index in [1.807, 2.05) is 0 Å². The Morgan fingerprint density at radius 3 is 2.87 bits per heavy atom. The molecule has 2 N–H and O–H groups in total. The standard InChI is InChI=1S/C11H15NO3/c1-14-9-3-2-4-10(11(9)13)15-8-5-6-12-7-8/h2-4,8,12-13H,5-7H2,1H3. The fourth-order valence-corrected chi connectivity index (χ4v) is 1.67. The van der Waals surface area contributed by atoms with Gasteiger partial charge >= 0.3 is 0 Å². The lowest BCUT2D eigenvalue weighted by Gasteiger charge is -2.14. The number of methoxy groups -OCH3 is 1. The van der Waals surface area contributed by atoms with Crippen molar-refractivity contribution in [2.75, 3.05) is 20.2 Å². The zero-order chi connectivity index (χ0) is 10.7. The van der Waals surface area contributed by atoms with E-state index < -0.39 is 0 Å². The maximum Gasteiger partial charge on any atom is 0.200 e. The SMILES string of the molecule is COc1cccc(OC2CCNC2)c1O. The zero-order valence-corrected chi connectivity index (χ0v) is 8.69. The van der Waals surface area contributed by atoms with Crippen molar-refractivity contribution >= 4 is 0 Å². The van der Waals surface area contributed by atoms with Crippen molar-refractivity contribution in [3.05, 3.63) is 18.2 Å². The Balaban J connectivity index is 2.13. The highest BCUT2D eigenvalue weighted by atomic mass is 16.5. The summed E-state index contributed by atoms with van der Waals surface area (Å²) in [5.74, 6) is 1.01. The quantitative estimate of drug-likeness (QED) is 0.783. The van der Waals surface area contributed by atoms with Crippen molar-refractivity contribution in [1.82, 2.24) is 5.32 Å². The molecule has 1 aliphatic rings. The van der Waals surface area contributed by atoms with E-state index in [0.717, 1.165) is 19.5 Å². The summed E-state index contributed by atoms with van der Waals surface area (Å²) in [7, 11) is 1.52. The first-order chi connectivity index (χ1) is 7.31. The predicted molar refractivity (Wildman–Crippen MR) is 56.6 cm³/mol. The molecule has 0 aromatic heterocycles. The minimum atomic E-state index is 0.0758. The van der Waals surface area contributed by atoms with Crippen LogP contribution in [0.5, 0.6) is 17.2 Å². The largest absolute Gasteiger partial charge is 0.502 e. The van der Waals surface area contributed by atoms with Crippen LogP contribution in [0.4, 0.5) is 0 Å². The van der Waals surface area contributed by atoms with Gasteiger partial charge in [-0.1, -0.05) is 6.07 Å². The molecule has 4 heteroatoms. The molecule has 1 aliphatic heterocycles. The van der Waals surface area contributed by atoms with E-state index in [4.69, 9.17) is 9.47 Å². The third kappa shape index (κ3) is 2.15. The first-order valence-corrected chi connectivity index (χ1v) is 5.04. The average molecular weight is 209 g/mol. The Hall–Kier alpha value is -1.42. The van der Waals surface area contributed by atoms with Gasteiger partial charge in [0.1, 0.15) is 6.10 Å². The van der Waals surface area contributed by atoms with Gasteiger partial charge in [-0.2, -0.15) is 0 Å². The summed E-state index contributed by atoms with van der Waals surface area (Å²) >= 11 is 0. The van der Waals surface area contributed by atoms with Gasteiger partial charge in [0.25, 0.3) is 0 Å². The van der Waals surface area contributed by atoms with Gasteiger partial charge < -0.3 is 19.9 Å². The molecule has 0 radical (unpaired) electrons. The fraction of sp³-hybridized carbons (Fsp3) is 0.455. The molecule has 4 nitrogen and oxygen atoms in total. The van der Waals surface area contributed by atoms with Crippen LogP contribution in [-0.2, 0) is 0 Å². The molecule has 1 aromatic rings. The van der Waals surface area contributed by atoms with Gasteiger partial charge in [-0.05, 0) is 25.1 Å². The number of ether oxygens (including phenoxy) is 2. The highest BCUT2D eigenvalue weighted by Gasteiger charge is 2.18. The van der Waals surface area contributed by atoms with Gasteiger partial charge in [0.05, 0.1) is 7.11 Å². The van der Waals surface area contributed by atoms with Crippen LogP contribution in [-0.4, -0.2) is 31.4 Å². The number of aromatic hydroxyl groups is 1. The highest BCUT2D eigenvalue weighted by molar-refractivity contribution is 5.49. The molecule has 1 aromatic carbocycles. The number of benzene rings is 1. The molecule has 82 valence electrons. The number of phenolic OH excluding ortho intramolecular Hbond substituents is 1. The number of hydrogen-bond donors (Lipinski definition) is 2. The summed E-state index contributed by atoms with van der Waals surface area (Å²) in [6, 6.07) is 5.25. The van der Waals surface area contributed by atoms with Crippen LogP contribution in [0.3, 0.4) is 0 Å². The van der Waals surface area contributed by atoms with Gasteiger partial charge in [0.15, 0.2) is 11.5 Å². The predicted octanol–water partition coefficient (Wildman–Crippen LogP) is 1.14. The molecular formula is C11H15NO3. The van der Waals surface area contributed by atoms with E-state index in [9.17, 15) is 5.11 Å². The number of nitrogens with one attached hydrogen (secondary N) is 1. The second-order valence-electron chi connectivity index (χ2n) is 3.54. The third-order valence-electron chi connectivity index (χ3n) is 2.49. The van der Waals surface area contributed by atoms with Crippen LogP contribution in [0.2, 0.25) is 0 Å². The summed E-state index contributed by atoms with van der Waals surface area (Å²) in [4.78, 5) is 0. The minimum Gasteiger partial charge on any atom is -0.502 e. The van der Waals surface area contributed by atoms with E-state index in [2.05, 4.69) is 5.32 Å². The van der Waals surface area contributed by atoms with Crippen LogP contribution in [0.15, 0.2) is 18.2 Å². The lowest BCUT2D eigenvalue weighted by Crippen LogP contribution is -2.19. The monoisotopic (exact) mass is 209 g/mol. The average Bonchev–Trinajstić information content (AvgIpc) is 2.74. The van der Waals surface area contributed by atoms with E-state index in [0.29, 0.717) is 11.5 Å². The Labute approximate surface area is 88.8 Å². The lowest BCUT2D eigenvalue weighted by molar-refractivity contribution is 0.211. The molecule has 1 atom stereocenters. The van der Waals surface area contributed by atoms with E-state index in [-0.39, 0.29) is 11.9 Å². The molecule has 1 unspecified atom stereocenters. The van der Waals surface area contributed by atoms with Crippen molar-refractivity contribution in [3.63, 3.8) is 0 Å². The van der Waals surface area contributed by atoms with E-state index in [1.54, 1.807) is 18.2 Å². The van der Waals surface area contributed by atoms with Crippen LogP contribution in [0.25, 0.3) is 0 Å². The summed E-state index contributed by atoms with van der Waals surface area (Å²) in [5.41, 5.74) is 0. The summed E-state index contributed by atoms with van der Waals surface area (Å²) in [6.07, 6.45) is 1.11. The van der Waals surface area contributed by atoms with Crippen molar-refractivity contribution in [3.8, 4) is 17.2 Å². The minimum absolute atomic E-state index is 0.0758. The van der Waals surface area contributed by atoms with Gasteiger partial charge in [-0.15, -0.1) is 0 Å². The smallest absolute Gasteiger partial charge is 0.200 e. The van der Waals surface area contributed by atoms with Crippen LogP contribution >= 0.6 is 0 Å². The summed E-state index contributed by atoms with van der Waals surface area (Å²) in [6.45, 7) is 1.80. The van der Waals surface area contributed by atoms with Crippen LogP contribution in [0.1, 0.15) is 6.42 Å². The van der Waals surface area contributed by atoms with Crippen molar-refractivity contribution < 1.29 is 14.6 Å². The second-order valence-corrected chi connectivity index (χ2v) is 3.54. The van der Waals surface area contributed by atoms with Gasteiger partial charge in [0, 0.05) is 6.54 Å². The molecule has 0 amide bonds. The molecule has 0 aliphatic carbocycles. The Morgan fingerprint density at radius 1 is 1.40 bits per heavy atom. The van der Waals surface area contributed by atoms with E-state index in [1.165, 1.54) is 7.11 Å². The molecule has 0 saturated carbocycles. The molecule has 1 heterocycles. The van der Waals surface area contributed by atoms with Crippen molar-refractivity contribution in [2.45, 2.75) is 12.5 Å². The second kappa shape index (κ2) is 4.40. The van der Waals surface area contributed by atoms with Gasteiger partial charge in [0.2, 0.25) is 5.75 Å². The van der Waals surface area contributed by atoms with Gasteiger partial charge in [-0.25, -0.2) is 0 Å². The summed E-state index contributed by atoms with van der Waals surface area (Å²) in [5, 5.41) is 13.0. The Bertz CT molecular complexity index is 335. The number of phenols is 1.